The van der Waals surface area contributed by atoms with Crippen molar-refractivity contribution in [3.05, 3.63) is 29.8 Å². The molecule has 0 aliphatic rings. The zero-order chi connectivity index (χ0) is 12.1. The van der Waals surface area contributed by atoms with Crippen LogP contribution in [0.1, 0.15) is 12.5 Å². The van der Waals surface area contributed by atoms with Crippen molar-refractivity contribution >= 4 is 0 Å². The van der Waals surface area contributed by atoms with E-state index in [1.807, 2.05) is 19.1 Å². The molecule has 0 radical (unpaired) electrons. The Morgan fingerprint density at radius 3 is 2.12 bits per heavy atom. The van der Waals surface area contributed by atoms with Gasteiger partial charge in [0, 0.05) is 5.56 Å². The minimum absolute atomic E-state index is 0.628. The first-order valence-electron chi connectivity index (χ1n) is 5.06. The molecule has 0 bridgehead atoms. The van der Waals surface area contributed by atoms with Crippen LogP contribution < -0.4 is 14.2 Å². The predicted molar refractivity (Wildman–Crippen MR) is 64.6 cm³/mol. The zero-order valence-corrected chi connectivity index (χ0v) is 10.3. The second kappa shape index (κ2) is 5.45. The van der Waals surface area contributed by atoms with Crippen molar-refractivity contribution in [3.63, 3.8) is 0 Å². The third-order valence-electron chi connectivity index (χ3n) is 2.28. The van der Waals surface area contributed by atoms with Gasteiger partial charge in [-0.3, -0.25) is 0 Å². The first-order valence-corrected chi connectivity index (χ1v) is 5.06. The van der Waals surface area contributed by atoms with E-state index in [9.17, 15) is 0 Å². The van der Waals surface area contributed by atoms with Crippen molar-refractivity contribution in [2.75, 3.05) is 21.3 Å². The minimum atomic E-state index is 0.628. The summed E-state index contributed by atoms with van der Waals surface area (Å²) in [5.41, 5.74) is 2.12. The second-order valence-corrected chi connectivity index (χ2v) is 3.63. The molecule has 0 amide bonds. The van der Waals surface area contributed by atoms with E-state index >= 15 is 0 Å². The topological polar surface area (TPSA) is 27.7 Å². The summed E-state index contributed by atoms with van der Waals surface area (Å²) in [7, 11) is 4.83. The number of benzene rings is 1. The molecule has 3 heteroatoms. The predicted octanol–water partition coefficient (Wildman–Crippen LogP) is 2.83. The highest BCUT2D eigenvalue weighted by molar-refractivity contribution is 5.56. The summed E-state index contributed by atoms with van der Waals surface area (Å²) in [5.74, 6) is 2.01. The number of rotatable bonds is 5. The Hall–Kier alpha value is -1.64. The largest absolute Gasteiger partial charge is 0.493 e. The van der Waals surface area contributed by atoms with E-state index in [1.54, 1.807) is 21.3 Å². The fraction of sp³-hybridized carbons (Fsp3) is 0.385. The molecule has 1 rings (SSSR count). The molecule has 0 aromatic heterocycles. The van der Waals surface area contributed by atoms with Gasteiger partial charge in [0.25, 0.3) is 0 Å². The van der Waals surface area contributed by atoms with Gasteiger partial charge >= 0.3 is 0 Å². The SMILES string of the molecule is C=C(C)Cc1ccc(OC)c(OC)c1OC. The Morgan fingerprint density at radius 1 is 1.06 bits per heavy atom. The number of allylic oxidation sites excluding steroid dienone is 1. The molecule has 0 saturated heterocycles. The monoisotopic (exact) mass is 222 g/mol. The van der Waals surface area contributed by atoms with Gasteiger partial charge in [-0.05, 0) is 19.4 Å². The first-order chi connectivity index (χ1) is 7.63. The van der Waals surface area contributed by atoms with Crippen LogP contribution in [0.5, 0.6) is 17.2 Å². The van der Waals surface area contributed by atoms with Gasteiger partial charge in [0.1, 0.15) is 0 Å². The molecule has 0 unspecified atom stereocenters. The van der Waals surface area contributed by atoms with Gasteiger partial charge in [0.15, 0.2) is 11.5 Å². The summed E-state index contributed by atoms with van der Waals surface area (Å²) in [5, 5.41) is 0. The van der Waals surface area contributed by atoms with E-state index in [4.69, 9.17) is 14.2 Å². The van der Waals surface area contributed by atoms with E-state index in [0.29, 0.717) is 17.2 Å². The standard InChI is InChI=1S/C13H18O3/c1-9(2)8-10-6-7-11(14-3)13(16-5)12(10)15-4/h6-7H,1,8H2,2-5H3. The number of ether oxygens (including phenoxy) is 3. The van der Waals surface area contributed by atoms with Crippen molar-refractivity contribution in [2.45, 2.75) is 13.3 Å². The number of hydrogen-bond donors (Lipinski definition) is 0. The van der Waals surface area contributed by atoms with Gasteiger partial charge in [-0.25, -0.2) is 0 Å². The fourth-order valence-corrected chi connectivity index (χ4v) is 1.63. The molecule has 0 spiro atoms. The average Bonchev–Trinajstić information content (AvgIpc) is 2.27. The van der Waals surface area contributed by atoms with E-state index < -0.39 is 0 Å². The highest BCUT2D eigenvalue weighted by Crippen LogP contribution is 2.40. The van der Waals surface area contributed by atoms with Gasteiger partial charge in [-0.15, -0.1) is 0 Å². The molecule has 1 aromatic carbocycles. The maximum absolute atomic E-state index is 5.36. The van der Waals surface area contributed by atoms with Crippen LogP contribution in [0.4, 0.5) is 0 Å². The van der Waals surface area contributed by atoms with Crippen molar-refractivity contribution in [1.29, 1.82) is 0 Å². The normalized spacial score (nSPS) is 9.75. The summed E-state index contributed by atoms with van der Waals surface area (Å²) in [6.07, 6.45) is 0.767. The van der Waals surface area contributed by atoms with Crippen molar-refractivity contribution in [3.8, 4) is 17.2 Å². The van der Waals surface area contributed by atoms with Gasteiger partial charge in [-0.1, -0.05) is 18.2 Å². The molecule has 0 N–H and O–H groups in total. The molecule has 1 aromatic rings. The minimum Gasteiger partial charge on any atom is -0.493 e. The van der Waals surface area contributed by atoms with Crippen LogP contribution >= 0.6 is 0 Å². The molecule has 0 fully saturated rings. The van der Waals surface area contributed by atoms with Crippen LogP contribution in [0.3, 0.4) is 0 Å². The lowest BCUT2D eigenvalue weighted by Crippen LogP contribution is -1.99. The average molecular weight is 222 g/mol. The van der Waals surface area contributed by atoms with Gasteiger partial charge < -0.3 is 14.2 Å². The Morgan fingerprint density at radius 2 is 1.69 bits per heavy atom. The maximum atomic E-state index is 5.36. The smallest absolute Gasteiger partial charge is 0.203 e. The highest BCUT2D eigenvalue weighted by Gasteiger charge is 2.15. The third-order valence-corrected chi connectivity index (χ3v) is 2.28. The number of methoxy groups -OCH3 is 3. The lowest BCUT2D eigenvalue weighted by atomic mass is 10.1. The third kappa shape index (κ3) is 2.48. The molecule has 0 atom stereocenters. The second-order valence-electron chi connectivity index (χ2n) is 3.63. The number of hydrogen-bond acceptors (Lipinski definition) is 3. The van der Waals surface area contributed by atoms with Gasteiger partial charge in [-0.2, -0.15) is 0 Å². The van der Waals surface area contributed by atoms with E-state index in [2.05, 4.69) is 6.58 Å². The van der Waals surface area contributed by atoms with Crippen molar-refractivity contribution in [2.24, 2.45) is 0 Å². The van der Waals surface area contributed by atoms with E-state index in [1.165, 1.54) is 0 Å². The molecule has 16 heavy (non-hydrogen) atoms. The fourth-order valence-electron chi connectivity index (χ4n) is 1.63. The lowest BCUT2D eigenvalue weighted by Gasteiger charge is -2.15. The van der Waals surface area contributed by atoms with Crippen LogP contribution in [0.25, 0.3) is 0 Å². The molecular weight excluding hydrogens is 204 g/mol. The summed E-state index contributed by atoms with van der Waals surface area (Å²) in [6.45, 7) is 5.88. The summed E-state index contributed by atoms with van der Waals surface area (Å²) >= 11 is 0. The highest BCUT2D eigenvalue weighted by atomic mass is 16.5. The summed E-state index contributed by atoms with van der Waals surface area (Å²) < 4.78 is 15.9. The van der Waals surface area contributed by atoms with Crippen LogP contribution in [-0.2, 0) is 6.42 Å². The molecule has 0 aliphatic carbocycles. The maximum Gasteiger partial charge on any atom is 0.203 e. The summed E-state index contributed by atoms with van der Waals surface area (Å²) in [6, 6.07) is 3.84. The van der Waals surface area contributed by atoms with Gasteiger partial charge in [0.05, 0.1) is 21.3 Å². The molecule has 0 aliphatic heterocycles. The van der Waals surface area contributed by atoms with E-state index in [0.717, 1.165) is 17.6 Å². The molecular formula is C13H18O3. The first kappa shape index (κ1) is 12.4. The van der Waals surface area contributed by atoms with Crippen LogP contribution in [0.15, 0.2) is 24.3 Å². The Bertz CT molecular complexity index is 383. The zero-order valence-electron chi connectivity index (χ0n) is 10.3. The summed E-state index contributed by atoms with van der Waals surface area (Å²) in [4.78, 5) is 0. The van der Waals surface area contributed by atoms with Crippen molar-refractivity contribution < 1.29 is 14.2 Å². The Labute approximate surface area is 96.6 Å². The van der Waals surface area contributed by atoms with Crippen LogP contribution in [0, 0.1) is 0 Å². The van der Waals surface area contributed by atoms with Crippen LogP contribution in [-0.4, -0.2) is 21.3 Å². The lowest BCUT2D eigenvalue weighted by molar-refractivity contribution is 0.322. The Balaban J connectivity index is 3.25. The van der Waals surface area contributed by atoms with E-state index in [-0.39, 0.29) is 0 Å². The van der Waals surface area contributed by atoms with Crippen LogP contribution in [0.2, 0.25) is 0 Å². The quantitative estimate of drug-likeness (QED) is 0.717. The Kier molecular flexibility index (Phi) is 4.23. The molecule has 0 saturated carbocycles. The van der Waals surface area contributed by atoms with Gasteiger partial charge in [0.2, 0.25) is 5.75 Å². The van der Waals surface area contributed by atoms with Crippen molar-refractivity contribution in [1.82, 2.24) is 0 Å². The molecule has 0 heterocycles. The molecule has 3 nitrogen and oxygen atoms in total. The molecule has 88 valence electrons.